The van der Waals surface area contributed by atoms with E-state index in [-0.39, 0.29) is 11.8 Å². The molecule has 1 aliphatic rings. The summed E-state index contributed by atoms with van der Waals surface area (Å²) >= 11 is 7.69. The molecule has 3 aromatic rings. The highest BCUT2D eigenvalue weighted by Gasteiger charge is 2.32. The zero-order valence-corrected chi connectivity index (χ0v) is 20.5. The molecule has 0 bridgehead atoms. The molecule has 0 spiro atoms. The largest absolute Gasteiger partial charge is 0.489 e. The molecule has 0 amide bonds. The van der Waals surface area contributed by atoms with Crippen molar-refractivity contribution in [1.29, 1.82) is 0 Å². The second-order valence-electron chi connectivity index (χ2n) is 7.97. The Morgan fingerprint density at radius 3 is 2.73 bits per heavy atom. The number of benzene rings is 2. The number of ether oxygens (including phenoxy) is 1. The van der Waals surface area contributed by atoms with E-state index in [0.29, 0.717) is 23.2 Å². The number of allylic oxidation sites excluding steroid dienone is 2. The summed E-state index contributed by atoms with van der Waals surface area (Å²) in [6.45, 7) is 6.10. The Kier molecular flexibility index (Phi) is 7.40. The lowest BCUT2D eigenvalue weighted by molar-refractivity contribution is -0.114. The summed E-state index contributed by atoms with van der Waals surface area (Å²) in [5.41, 5.74) is 3.44. The molecule has 0 fully saturated rings. The fourth-order valence-electron chi connectivity index (χ4n) is 3.80. The third kappa shape index (κ3) is 5.42. The Balaban J connectivity index is 1.58. The molecule has 1 N–H and O–H groups in total. The summed E-state index contributed by atoms with van der Waals surface area (Å²) in [6, 6.07) is 15.1. The third-order valence-corrected chi connectivity index (χ3v) is 6.59. The molecule has 2 aromatic carbocycles. The van der Waals surface area contributed by atoms with Crippen molar-refractivity contribution in [1.82, 2.24) is 14.8 Å². The maximum absolute atomic E-state index is 12.6. The summed E-state index contributed by atoms with van der Waals surface area (Å²) < 4.78 is 7.74. The molecule has 1 atom stereocenters. The zero-order chi connectivity index (χ0) is 23.4. The number of halogens is 1. The smallest absolute Gasteiger partial charge is 0.227 e. The summed E-state index contributed by atoms with van der Waals surface area (Å²) in [5, 5.41) is 9.39. The van der Waals surface area contributed by atoms with Gasteiger partial charge >= 0.3 is 0 Å². The number of carbonyl (C=O) groups excluding carboxylic acids is 1. The highest BCUT2D eigenvalue weighted by molar-refractivity contribution is 7.99. The van der Waals surface area contributed by atoms with Gasteiger partial charge in [-0.05, 0) is 55.7 Å². The van der Waals surface area contributed by atoms with Crippen LogP contribution >= 0.6 is 23.4 Å². The van der Waals surface area contributed by atoms with E-state index in [1.54, 1.807) is 18.7 Å². The average molecular weight is 483 g/mol. The van der Waals surface area contributed by atoms with E-state index in [9.17, 15) is 4.79 Å². The van der Waals surface area contributed by atoms with Gasteiger partial charge in [0.2, 0.25) is 11.1 Å². The predicted octanol–water partition coefficient (Wildman–Crippen LogP) is 6.28. The molecular weight excluding hydrogens is 456 g/mol. The Hall–Kier alpha value is -2.77. The quantitative estimate of drug-likeness (QED) is 0.286. The monoisotopic (exact) mass is 482 g/mol. The highest BCUT2D eigenvalue weighted by atomic mass is 35.5. The van der Waals surface area contributed by atoms with Gasteiger partial charge in [-0.1, -0.05) is 61.0 Å². The van der Waals surface area contributed by atoms with Gasteiger partial charge in [-0.15, -0.1) is 5.10 Å². The maximum atomic E-state index is 12.6. The Morgan fingerprint density at radius 2 is 2.03 bits per heavy atom. The van der Waals surface area contributed by atoms with Crippen LogP contribution in [0.2, 0.25) is 5.02 Å². The van der Waals surface area contributed by atoms with Gasteiger partial charge in [-0.25, -0.2) is 4.68 Å². The van der Waals surface area contributed by atoms with E-state index in [2.05, 4.69) is 17.2 Å². The van der Waals surface area contributed by atoms with Crippen LogP contribution in [-0.2, 0) is 11.4 Å². The molecule has 6 nitrogen and oxygen atoms in total. The molecule has 0 saturated heterocycles. The van der Waals surface area contributed by atoms with E-state index in [4.69, 9.17) is 21.4 Å². The van der Waals surface area contributed by atoms with Crippen molar-refractivity contribution in [2.24, 2.45) is 0 Å². The lowest BCUT2D eigenvalue weighted by Crippen LogP contribution is -2.27. The van der Waals surface area contributed by atoms with Crippen molar-refractivity contribution in [2.75, 3.05) is 11.1 Å². The number of fused-ring (bicyclic) bond motifs is 1. The van der Waals surface area contributed by atoms with Gasteiger partial charge in [0.05, 0.1) is 0 Å². The number of aromatic nitrogens is 3. The standard InChI is InChI=1S/C25H27ClN4O2S/c1-4-5-13-33-25-28-24-27-16(2)22(17(3)31)23(30(24)29-25)19-9-11-21(12-10-19)32-15-18-7-6-8-20(26)14-18/h6-12,14,23H,4-5,13,15H2,1-3H3,(H,27,28,29). The van der Waals surface area contributed by atoms with Crippen molar-refractivity contribution in [2.45, 2.75) is 51.4 Å². The number of Topliss-reactive ketones (excluding diaryl/α,β-unsaturated/α-hetero) is 1. The topological polar surface area (TPSA) is 69.0 Å². The Morgan fingerprint density at radius 1 is 1.24 bits per heavy atom. The lowest BCUT2D eigenvalue weighted by atomic mass is 9.93. The van der Waals surface area contributed by atoms with Gasteiger partial charge in [0.1, 0.15) is 18.4 Å². The molecule has 1 unspecified atom stereocenters. The SMILES string of the molecule is CCCCSc1nc2n(n1)C(c1ccc(OCc3cccc(Cl)c3)cc1)C(C(C)=O)=C(C)N2. The van der Waals surface area contributed by atoms with Gasteiger partial charge in [-0.2, -0.15) is 4.98 Å². The molecule has 1 aliphatic heterocycles. The van der Waals surface area contributed by atoms with Crippen LogP contribution in [0.5, 0.6) is 5.75 Å². The van der Waals surface area contributed by atoms with Crippen molar-refractivity contribution in [3.63, 3.8) is 0 Å². The van der Waals surface area contributed by atoms with Crippen LogP contribution in [0, 0.1) is 0 Å². The summed E-state index contributed by atoms with van der Waals surface area (Å²) in [5.74, 6) is 2.37. The number of ketones is 1. The van der Waals surface area contributed by atoms with Crippen LogP contribution in [0.15, 0.2) is 65.0 Å². The van der Waals surface area contributed by atoms with E-state index < -0.39 is 0 Å². The van der Waals surface area contributed by atoms with Gasteiger partial charge in [-0.3, -0.25) is 4.79 Å². The number of rotatable bonds is 9. The zero-order valence-electron chi connectivity index (χ0n) is 19.0. The second kappa shape index (κ2) is 10.4. The van der Waals surface area contributed by atoms with Gasteiger partial charge in [0, 0.05) is 22.0 Å². The minimum absolute atomic E-state index is 0.00705. The summed E-state index contributed by atoms with van der Waals surface area (Å²) in [7, 11) is 0. The summed E-state index contributed by atoms with van der Waals surface area (Å²) in [6.07, 6.45) is 2.24. The lowest BCUT2D eigenvalue weighted by Gasteiger charge is -2.28. The molecule has 172 valence electrons. The minimum atomic E-state index is -0.339. The molecular formula is C25H27ClN4O2S. The normalized spacial score (nSPS) is 15.2. The van der Waals surface area contributed by atoms with E-state index in [0.717, 1.165) is 46.3 Å². The van der Waals surface area contributed by atoms with Crippen molar-refractivity contribution in [3.8, 4) is 5.75 Å². The van der Waals surface area contributed by atoms with Gasteiger partial charge < -0.3 is 10.1 Å². The van der Waals surface area contributed by atoms with Crippen LogP contribution in [0.25, 0.3) is 0 Å². The highest BCUT2D eigenvalue weighted by Crippen LogP contribution is 2.37. The molecule has 33 heavy (non-hydrogen) atoms. The molecule has 2 heterocycles. The number of nitrogens with one attached hydrogen (secondary N) is 1. The number of thioether (sulfide) groups is 1. The van der Waals surface area contributed by atoms with E-state index >= 15 is 0 Å². The maximum Gasteiger partial charge on any atom is 0.227 e. The fourth-order valence-corrected chi connectivity index (χ4v) is 4.93. The first-order chi connectivity index (χ1) is 16.0. The van der Waals surface area contributed by atoms with Crippen molar-refractivity contribution >= 4 is 35.1 Å². The second-order valence-corrected chi connectivity index (χ2v) is 9.47. The third-order valence-electron chi connectivity index (χ3n) is 5.43. The van der Waals surface area contributed by atoms with Crippen molar-refractivity contribution in [3.05, 3.63) is 76.0 Å². The fraction of sp³-hybridized carbons (Fsp3) is 0.320. The molecule has 0 aliphatic carbocycles. The first kappa shape index (κ1) is 23.4. The molecule has 0 saturated carbocycles. The number of unbranched alkanes of at least 4 members (excludes halogenated alkanes) is 1. The molecule has 8 heteroatoms. The van der Waals surface area contributed by atoms with Gasteiger partial charge in [0.25, 0.3) is 0 Å². The van der Waals surface area contributed by atoms with Crippen LogP contribution in [0.3, 0.4) is 0 Å². The Labute approximate surface area is 203 Å². The molecule has 1 aromatic heterocycles. The Bertz CT molecular complexity index is 1170. The number of anilines is 1. The number of carbonyl (C=O) groups is 1. The first-order valence-electron chi connectivity index (χ1n) is 11.0. The van der Waals surface area contributed by atoms with Gasteiger partial charge in [0.15, 0.2) is 5.78 Å². The predicted molar refractivity (Wildman–Crippen MR) is 133 cm³/mol. The minimum Gasteiger partial charge on any atom is -0.489 e. The van der Waals surface area contributed by atoms with E-state index in [1.165, 1.54) is 0 Å². The number of hydrogen-bond donors (Lipinski definition) is 1. The van der Waals surface area contributed by atoms with Crippen LogP contribution in [-0.4, -0.2) is 26.3 Å². The van der Waals surface area contributed by atoms with Crippen LogP contribution in [0.4, 0.5) is 5.95 Å². The van der Waals surface area contributed by atoms with E-state index in [1.807, 2.05) is 60.1 Å². The molecule has 4 rings (SSSR count). The molecule has 0 radical (unpaired) electrons. The first-order valence-corrected chi connectivity index (χ1v) is 12.4. The van der Waals surface area contributed by atoms with Crippen LogP contribution < -0.4 is 10.1 Å². The van der Waals surface area contributed by atoms with Crippen molar-refractivity contribution < 1.29 is 9.53 Å². The van der Waals surface area contributed by atoms with Crippen LogP contribution in [0.1, 0.15) is 50.8 Å². The average Bonchev–Trinajstić information content (AvgIpc) is 3.19. The number of hydrogen-bond acceptors (Lipinski definition) is 6. The number of nitrogens with zero attached hydrogens (tertiary/aromatic N) is 3. The summed E-state index contributed by atoms with van der Waals surface area (Å²) in [4.78, 5) is 17.2.